The maximum absolute atomic E-state index is 13.2. The molecule has 29 heavy (non-hydrogen) atoms. The van der Waals surface area contributed by atoms with Crippen LogP contribution in [0.3, 0.4) is 0 Å². The van der Waals surface area contributed by atoms with Gasteiger partial charge in [0.25, 0.3) is 0 Å². The molecule has 1 aromatic rings. The monoisotopic (exact) mass is 433 g/mol. The zero-order chi connectivity index (χ0) is 21.1. The van der Waals surface area contributed by atoms with E-state index >= 15 is 0 Å². The first-order valence-corrected chi connectivity index (χ1v) is 10.8. The molecule has 156 valence electrons. The van der Waals surface area contributed by atoms with Crippen LogP contribution in [0.4, 0.5) is 0 Å². The highest BCUT2D eigenvalue weighted by atomic mass is 35.5. The second-order valence-corrected chi connectivity index (χ2v) is 8.82. The Morgan fingerprint density at radius 1 is 1.31 bits per heavy atom. The SMILES string of the molecule is C=C(N)/C=C1/C(=C)CCC(N2CCCC2)C1N(C)C(=O)Cc1ccc(Cl)c(Cl)c1. The molecule has 1 saturated heterocycles. The van der Waals surface area contributed by atoms with E-state index in [1.165, 1.54) is 12.8 Å². The van der Waals surface area contributed by atoms with Crippen molar-refractivity contribution >= 4 is 29.1 Å². The van der Waals surface area contributed by atoms with Gasteiger partial charge in [-0.05, 0) is 73.7 Å². The van der Waals surface area contributed by atoms with Crippen molar-refractivity contribution in [2.45, 2.75) is 44.2 Å². The second-order valence-electron chi connectivity index (χ2n) is 8.00. The number of rotatable bonds is 5. The summed E-state index contributed by atoms with van der Waals surface area (Å²) in [5.41, 5.74) is 9.30. The van der Waals surface area contributed by atoms with Crippen LogP contribution in [0.15, 0.2) is 54.3 Å². The molecule has 0 bridgehead atoms. The smallest absolute Gasteiger partial charge is 0.227 e. The Labute approximate surface area is 183 Å². The van der Waals surface area contributed by atoms with E-state index in [-0.39, 0.29) is 24.4 Å². The van der Waals surface area contributed by atoms with Gasteiger partial charge in [0.1, 0.15) is 0 Å². The Kier molecular flexibility index (Phi) is 7.10. The average molecular weight is 434 g/mol. The third kappa shape index (κ3) is 5.06. The first kappa shape index (κ1) is 21.9. The fraction of sp³-hybridized carbons (Fsp3) is 0.435. The van der Waals surface area contributed by atoms with Crippen molar-refractivity contribution in [3.63, 3.8) is 0 Å². The molecular weight excluding hydrogens is 405 g/mol. The number of nitrogens with two attached hydrogens (primary N) is 1. The number of amides is 1. The molecule has 2 aliphatic rings. The van der Waals surface area contributed by atoms with E-state index in [0.29, 0.717) is 15.7 Å². The van der Waals surface area contributed by atoms with Crippen molar-refractivity contribution in [2.24, 2.45) is 5.73 Å². The summed E-state index contributed by atoms with van der Waals surface area (Å²) in [6, 6.07) is 5.50. The summed E-state index contributed by atoms with van der Waals surface area (Å²) in [7, 11) is 1.87. The van der Waals surface area contributed by atoms with Crippen LogP contribution in [-0.4, -0.2) is 47.9 Å². The minimum Gasteiger partial charge on any atom is -0.399 e. The molecule has 2 fully saturated rings. The van der Waals surface area contributed by atoms with Gasteiger partial charge in [0.15, 0.2) is 0 Å². The number of carbonyl (C=O) groups excluding carboxylic acids is 1. The van der Waals surface area contributed by atoms with Crippen LogP contribution in [-0.2, 0) is 11.2 Å². The lowest BCUT2D eigenvalue weighted by Crippen LogP contribution is -2.54. The van der Waals surface area contributed by atoms with Gasteiger partial charge in [-0.1, -0.05) is 42.4 Å². The van der Waals surface area contributed by atoms with Crippen LogP contribution < -0.4 is 5.73 Å². The van der Waals surface area contributed by atoms with E-state index in [1.54, 1.807) is 12.1 Å². The molecule has 0 radical (unpaired) electrons. The highest BCUT2D eigenvalue weighted by Gasteiger charge is 2.39. The molecule has 2 N–H and O–H groups in total. The van der Waals surface area contributed by atoms with Crippen molar-refractivity contribution in [1.29, 1.82) is 0 Å². The number of nitrogens with zero attached hydrogens (tertiary/aromatic N) is 2. The third-order valence-electron chi connectivity index (χ3n) is 5.93. The van der Waals surface area contributed by atoms with Gasteiger partial charge in [0, 0.05) is 18.8 Å². The molecule has 0 spiro atoms. The Balaban J connectivity index is 1.89. The third-order valence-corrected chi connectivity index (χ3v) is 6.67. The summed E-state index contributed by atoms with van der Waals surface area (Å²) in [5, 5.41) is 0.946. The van der Waals surface area contributed by atoms with Crippen LogP contribution in [0.5, 0.6) is 0 Å². The summed E-state index contributed by atoms with van der Waals surface area (Å²) in [4.78, 5) is 17.6. The minimum atomic E-state index is -0.0927. The maximum atomic E-state index is 13.2. The van der Waals surface area contributed by atoms with Crippen LogP contribution in [0, 0.1) is 0 Å². The number of allylic oxidation sites excluding steroid dienone is 1. The normalized spacial score (nSPS) is 24.1. The molecule has 1 amide bonds. The van der Waals surface area contributed by atoms with Crippen LogP contribution in [0.25, 0.3) is 0 Å². The van der Waals surface area contributed by atoms with Crippen LogP contribution >= 0.6 is 23.2 Å². The van der Waals surface area contributed by atoms with E-state index < -0.39 is 0 Å². The zero-order valence-electron chi connectivity index (χ0n) is 17.0. The Morgan fingerprint density at radius 3 is 2.62 bits per heavy atom. The second kappa shape index (κ2) is 9.38. The van der Waals surface area contributed by atoms with E-state index in [2.05, 4.69) is 18.1 Å². The highest BCUT2D eigenvalue weighted by molar-refractivity contribution is 6.42. The summed E-state index contributed by atoms with van der Waals surface area (Å²) in [6.07, 6.45) is 6.45. The molecule has 2 atom stereocenters. The molecule has 2 unspecified atom stereocenters. The van der Waals surface area contributed by atoms with E-state index in [0.717, 1.165) is 42.6 Å². The lowest BCUT2D eigenvalue weighted by Gasteiger charge is -2.44. The number of benzene rings is 1. The highest BCUT2D eigenvalue weighted by Crippen LogP contribution is 2.36. The van der Waals surface area contributed by atoms with Gasteiger partial charge in [-0.15, -0.1) is 0 Å². The summed E-state index contributed by atoms with van der Waals surface area (Å²) in [6.45, 7) is 10.2. The van der Waals surface area contributed by atoms with E-state index in [4.69, 9.17) is 28.9 Å². The van der Waals surface area contributed by atoms with Crippen LogP contribution in [0.1, 0.15) is 31.2 Å². The number of hydrogen-bond acceptors (Lipinski definition) is 3. The fourth-order valence-corrected chi connectivity index (χ4v) is 4.77. The Hall–Kier alpha value is -1.75. The molecule has 1 aliphatic carbocycles. The lowest BCUT2D eigenvalue weighted by atomic mass is 9.80. The van der Waals surface area contributed by atoms with Crippen molar-refractivity contribution in [3.05, 3.63) is 69.9 Å². The molecule has 6 heteroatoms. The molecule has 0 aromatic heterocycles. The van der Waals surface area contributed by atoms with Gasteiger partial charge in [-0.2, -0.15) is 0 Å². The summed E-state index contributed by atoms with van der Waals surface area (Å²) >= 11 is 12.1. The average Bonchev–Trinajstić information content (AvgIpc) is 3.20. The Morgan fingerprint density at radius 2 is 2.00 bits per heavy atom. The zero-order valence-corrected chi connectivity index (χ0v) is 18.5. The largest absolute Gasteiger partial charge is 0.399 e. The van der Waals surface area contributed by atoms with E-state index in [1.807, 2.05) is 24.1 Å². The number of hydrogen-bond donors (Lipinski definition) is 1. The van der Waals surface area contributed by atoms with Gasteiger partial charge in [-0.3, -0.25) is 9.69 Å². The molecule has 3 rings (SSSR count). The molecule has 4 nitrogen and oxygen atoms in total. The first-order chi connectivity index (χ1) is 13.8. The first-order valence-electron chi connectivity index (χ1n) is 10.1. The predicted octanol–water partition coefficient (Wildman–Crippen LogP) is 4.58. The molecule has 1 aromatic carbocycles. The van der Waals surface area contributed by atoms with Crippen LogP contribution in [0.2, 0.25) is 10.0 Å². The number of likely N-dealkylation sites (N-methyl/N-ethyl adjacent to an activating group) is 1. The topological polar surface area (TPSA) is 49.6 Å². The summed E-state index contributed by atoms with van der Waals surface area (Å²) in [5.74, 6) is 0.0285. The summed E-state index contributed by atoms with van der Waals surface area (Å²) < 4.78 is 0. The number of halogens is 2. The van der Waals surface area contributed by atoms with Gasteiger partial charge >= 0.3 is 0 Å². The van der Waals surface area contributed by atoms with Gasteiger partial charge in [0.05, 0.1) is 22.5 Å². The van der Waals surface area contributed by atoms with Crippen molar-refractivity contribution in [1.82, 2.24) is 9.80 Å². The molecule has 1 aliphatic heterocycles. The van der Waals surface area contributed by atoms with Gasteiger partial charge in [0.2, 0.25) is 5.91 Å². The standard InChI is InChI=1S/C23H29Cl2N3O/c1-15-6-9-21(28-10-4-5-11-28)23(18(15)12-16(2)26)27(3)22(29)14-17-7-8-19(24)20(25)13-17/h7-8,12-13,21,23H,1-2,4-6,9-11,14,26H2,3H3/b18-12-. The van der Waals surface area contributed by atoms with Crippen molar-refractivity contribution in [2.75, 3.05) is 20.1 Å². The van der Waals surface area contributed by atoms with Crippen molar-refractivity contribution in [3.8, 4) is 0 Å². The van der Waals surface area contributed by atoms with E-state index in [9.17, 15) is 4.79 Å². The van der Waals surface area contributed by atoms with Crippen molar-refractivity contribution < 1.29 is 4.79 Å². The fourth-order valence-electron chi connectivity index (χ4n) is 4.45. The molecule has 1 heterocycles. The lowest BCUT2D eigenvalue weighted by molar-refractivity contribution is -0.132. The maximum Gasteiger partial charge on any atom is 0.227 e. The minimum absolute atomic E-state index is 0.0285. The quantitative estimate of drug-likeness (QED) is 0.738. The van der Waals surface area contributed by atoms with Gasteiger partial charge < -0.3 is 10.6 Å². The Bertz CT molecular complexity index is 843. The molecular formula is C23H29Cl2N3O. The number of carbonyl (C=O) groups is 1. The number of likely N-dealkylation sites (tertiary alicyclic amines) is 1. The van der Waals surface area contributed by atoms with Gasteiger partial charge in [-0.25, -0.2) is 0 Å². The predicted molar refractivity (Wildman–Crippen MR) is 121 cm³/mol. The molecule has 1 saturated carbocycles.